The number of halogens is 3. The van der Waals surface area contributed by atoms with Crippen LogP contribution in [0.3, 0.4) is 0 Å². The molecule has 124 valence electrons. The Morgan fingerprint density at radius 1 is 1.09 bits per heavy atom. The van der Waals surface area contributed by atoms with Gasteiger partial charge < -0.3 is 9.47 Å². The Labute approximate surface area is 152 Å². The van der Waals surface area contributed by atoms with Crippen molar-refractivity contribution in [2.45, 2.75) is 4.90 Å². The molecule has 0 unspecified atom stereocenters. The Morgan fingerprint density at radius 3 is 2.39 bits per heavy atom. The van der Waals surface area contributed by atoms with Crippen molar-refractivity contribution in [1.29, 1.82) is 0 Å². The summed E-state index contributed by atoms with van der Waals surface area (Å²) in [6, 6.07) is 7.46. The van der Waals surface area contributed by atoms with Crippen molar-refractivity contribution in [2.24, 2.45) is 0 Å². The molecule has 0 aliphatic rings. The topological polar surface area (TPSA) is 64.6 Å². The molecule has 0 aliphatic carbocycles. The minimum Gasteiger partial charge on any atom is -0.497 e. The Morgan fingerprint density at radius 2 is 1.78 bits per heavy atom. The molecule has 2 aromatic rings. The number of benzene rings is 2. The normalized spacial score (nSPS) is 11.2. The SMILES string of the molecule is COc1ccc(Cl)c(NS(=O)(=O)c2cc(Cl)cc(Br)c2OC)c1. The van der Waals surface area contributed by atoms with E-state index in [4.69, 9.17) is 32.7 Å². The first-order chi connectivity index (χ1) is 10.8. The summed E-state index contributed by atoms with van der Waals surface area (Å²) in [5.74, 6) is 0.604. The maximum Gasteiger partial charge on any atom is 0.265 e. The maximum atomic E-state index is 12.7. The molecule has 0 spiro atoms. The first-order valence-corrected chi connectivity index (χ1v) is 9.21. The largest absolute Gasteiger partial charge is 0.497 e. The van der Waals surface area contributed by atoms with E-state index < -0.39 is 10.0 Å². The molecule has 1 N–H and O–H groups in total. The Hall–Kier alpha value is -1.15. The van der Waals surface area contributed by atoms with Crippen LogP contribution < -0.4 is 14.2 Å². The van der Waals surface area contributed by atoms with Crippen molar-refractivity contribution in [3.05, 3.63) is 44.8 Å². The van der Waals surface area contributed by atoms with Crippen molar-refractivity contribution < 1.29 is 17.9 Å². The fourth-order valence-electron chi connectivity index (χ4n) is 1.84. The lowest BCUT2D eigenvalue weighted by Crippen LogP contribution is -2.14. The van der Waals surface area contributed by atoms with Crippen LogP contribution in [0, 0.1) is 0 Å². The minimum absolute atomic E-state index is 0.113. The number of hydrogen-bond donors (Lipinski definition) is 1. The van der Waals surface area contributed by atoms with Crippen LogP contribution in [-0.2, 0) is 10.0 Å². The maximum absolute atomic E-state index is 12.7. The summed E-state index contributed by atoms with van der Waals surface area (Å²) in [6.07, 6.45) is 0. The van der Waals surface area contributed by atoms with E-state index >= 15 is 0 Å². The highest BCUT2D eigenvalue weighted by atomic mass is 79.9. The van der Waals surface area contributed by atoms with E-state index in [1.807, 2.05) is 0 Å². The van der Waals surface area contributed by atoms with Gasteiger partial charge in [0.2, 0.25) is 0 Å². The van der Waals surface area contributed by atoms with E-state index in [-0.39, 0.29) is 26.4 Å². The molecule has 0 radical (unpaired) electrons. The van der Waals surface area contributed by atoms with Gasteiger partial charge in [-0.15, -0.1) is 0 Å². The van der Waals surface area contributed by atoms with E-state index in [1.165, 1.54) is 38.5 Å². The van der Waals surface area contributed by atoms with Crippen LogP contribution in [0.5, 0.6) is 11.5 Å². The number of ether oxygens (including phenoxy) is 2. The van der Waals surface area contributed by atoms with Gasteiger partial charge in [-0.1, -0.05) is 23.2 Å². The zero-order valence-electron chi connectivity index (χ0n) is 12.1. The zero-order valence-corrected chi connectivity index (χ0v) is 16.0. The van der Waals surface area contributed by atoms with Crippen LogP contribution in [0.2, 0.25) is 10.0 Å². The molecule has 2 aromatic carbocycles. The quantitative estimate of drug-likeness (QED) is 0.739. The van der Waals surface area contributed by atoms with E-state index in [0.29, 0.717) is 10.2 Å². The van der Waals surface area contributed by atoms with Gasteiger partial charge in [-0.3, -0.25) is 4.72 Å². The average Bonchev–Trinajstić information content (AvgIpc) is 2.48. The summed E-state index contributed by atoms with van der Waals surface area (Å²) in [7, 11) is -1.14. The Balaban J connectivity index is 2.52. The first kappa shape index (κ1) is 18.2. The molecule has 0 bridgehead atoms. The van der Waals surface area contributed by atoms with Gasteiger partial charge in [0, 0.05) is 11.1 Å². The average molecular weight is 441 g/mol. The monoisotopic (exact) mass is 439 g/mol. The van der Waals surface area contributed by atoms with Crippen molar-refractivity contribution in [3.8, 4) is 11.5 Å². The van der Waals surface area contributed by atoms with Crippen LogP contribution in [0.15, 0.2) is 39.7 Å². The third-order valence-electron chi connectivity index (χ3n) is 2.89. The van der Waals surface area contributed by atoms with E-state index in [0.717, 1.165) is 0 Å². The number of nitrogens with one attached hydrogen (secondary N) is 1. The minimum atomic E-state index is -3.98. The summed E-state index contributed by atoms with van der Waals surface area (Å²) in [5, 5.41) is 0.476. The lowest BCUT2D eigenvalue weighted by Gasteiger charge is -2.14. The van der Waals surface area contributed by atoms with Crippen LogP contribution in [0.4, 0.5) is 5.69 Å². The fraction of sp³-hybridized carbons (Fsp3) is 0.143. The first-order valence-electron chi connectivity index (χ1n) is 6.18. The summed E-state index contributed by atoms with van der Waals surface area (Å²) >= 11 is 15.2. The lowest BCUT2D eigenvalue weighted by atomic mass is 10.3. The van der Waals surface area contributed by atoms with E-state index in [9.17, 15) is 8.42 Å². The fourth-order valence-corrected chi connectivity index (χ4v) is 4.52. The standard InChI is InChI=1S/C14H12BrCl2NO4S/c1-21-9-3-4-11(17)12(7-9)18-23(19,20)13-6-8(16)5-10(15)14(13)22-2/h3-7,18H,1-2H3. The molecule has 0 saturated heterocycles. The molecule has 0 aliphatic heterocycles. The number of rotatable bonds is 5. The highest BCUT2D eigenvalue weighted by Crippen LogP contribution is 2.37. The zero-order chi connectivity index (χ0) is 17.2. The van der Waals surface area contributed by atoms with Crippen LogP contribution in [0.1, 0.15) is 0 Å². The summed E-state index contributed by atoms with van der Waals surface area (Å²) in [4.78, 5) is -0.113. The second kappa shape index (κ2) is 7.17. The van der Waals surface area contributed by atoms with Gasteiger partial charge in [0.15, 0.2) is 5.75 Å². The predicted molar refractivity (Wildman–Crippen MR) is 94.5 cm³/mol. The van der Waals surface area contributed by atoms with Gasteiger partial charge in [-0.05, 0) is 40.2 Å². The molecule has 9 heteroatoms. The number of sulfonamides is 1. The van der Waals surface area contributed by atoms with E-state index in [2.05, 4.69) is 20.7 Å². The molecule has 0 heterocycles. The predicted octanol–water partition coefficient (Wildman–Crippen LogP) is 4.57. The molecule has 5 nitrogen and oxygen atoms in total. The molecule has 0 amide bonds. The molecule has 0 aromatic heterocycles. The lowest BCUT2D eigenvalue weighted by molar-refractivity contribution is 0.400. The van der Waals surface area contributed by atoms with E-state index in [1.54, 1.807) is 6.07 Å². The van der Waals surface area contributed by atoms with Crippen LogP contribution >= 0.6 is 39.1 Å². The van der Waals surface area contributed by atoms with Gasteiger partial charge in [0.05, 0.1) is 29.4 Å². The van der Waals surface area contributed by atoms with Crippen molar-refractivity contribution in [2.75, 3.05) is 18.9 Å². The Bertz CT molecular complexity index is 843. The molecule has 0 saturated carbocycles. The molecular weight excluding hydrogens is 429 g/mol. The number of anilines is 1. The molecule has 23 heavy (non-hydrogen) atoms. The summed E-state index contributed by atoms with van der Waals surface area (Å²) in [5.41, 5.74) is 0.184. The van der Waals surface area contributed by atoms with Gasteiger partial charge in [0.1, 0.15) is 10.6 Å². The summed E-state index contributed by atoms with van der Waals surface area (Å²) < 4.78 is 38.4. The van der Waals surface area contributed by atoms with Gasteiger partial charge in [0.25, 0.3) is 10.0 Å². The van der Waals surface area contributed by atoms with Crippen molar-refractivity contribution in [3.63, 3.8) is 0 Å². The third-order valence-corrected chi connectivity index (χ3v) is 5.39. The highest BCUT2D eigenvalue weighted by Gasteiger charge is 2.23. The number of hydrogen-bond acceptors (Lipinski definition) is 4. The molecule has 2 rings (SSSR count). The van der Waals surface area contributed by atoms with Crippen LogP contribution in [0.25, 0.3) is 0 Å². The van der Waals surface area contributed by atoms with Crippen LogP contribution in [-0.4, -0.2) is 22.6 Å². The third kappa shape index (κ3) is 4.03. The molecular formula is C14H12BrCl2NO4S. The second-order valence-electron chi connectivity index (χ2n) is 4.37. The van der Waals surface area contributed by atoms with Crippen molar-refractivity contribution in [1.82, 2.24) is 0 Å². The summed E-state index contributed by atoms with van der Waals surface area (Å²) in [6.45, 7) is 0. The van der Waals surface area contributed by atoms with Gasteiger partial charge in [-0.2, -0.15) is 0 Å². The molecule has 0 atom stereocenters. The number of methoxy groups -OCH3 is 2. The highest BCUT2D eigenvalue weighted by molar-refractivity contribution is 9.10. The van der Waals surface area contributed by atoms with Gasteiger partial charge >= 0.3 is 0 Å². The smallest absolute Gasteiger partial charge is 0.265 e. The Kier molecular flexibility index (Phi) is 5.67. The van der Waals surface area contributed by atoms with Crippen molar-refractivity contribution >= 4 is 54.8 Å². The molecule has 0 fully saturated rings. The second-order valence-corrected chi connectivity index (χ2v) is 7.72. The van der Waals surface area contributed by atoms with Gasteiger partial charge in [-0.25, -0.2) is 8.42 Å².